The topological polar surface area (TPSA) is 40.5 Å². The highest BCUT2D eigenvalue weighted by Crippen LogP contribution is 2.28. The smallest absolute Gasteiger partial charge is 0.0681 e. The maximum Gasteiger partial charge on any atom is 0.0681 e. The Hall–Kier alpha value is -1.64. The first-order chi connectivity index (χ1) is 9.28. The first-order valence-electron chi connectivity index (χ1n) is 6.68. The quantitative estimate of drug-likeness (QED) is 0.862. The van der Waals surface area contributed by atoms with Gasteiger partial charge in [-0.3, -0.25) is 0 Å². The molecule has 0 amide bonds. The van der Waals surface area contributed by atoms with Gasteiger partial charge in [0.15, 0.2) is 0 Å². The van der Waals surface area contributed by atoms with Crippen LogP contribution < -0.4 is 0 Å². The Bertz CT molecular complexity index is 452. The van der Waals surface area contributed by atoms with E-state index in [9.17, 15) is 0 Å². The van der Waals surface area contributed by atoms with Crippen LogP contribution in [-0.2, 0) is 13.2 Å². The van der Waals surface area contributed by atoms with Crippen molar-refractivity contribution in [1.29, 1.82) is 0 Å². The van der Waals surface area contributed by atoms with E-state index in [-0.39, 0.29) is 13.2 Å². The maximum absolute atomic E-state index is 9.08. The van der Waals surface area contributed by atoms with Gasteiger partial charge < -0.3 is 10.2 Å². The van der Waals surface area contributed by atoms with Gasteiger partial charge in [-0.1, -0.05) is 55.5 Å². The number of aliphatic hydroxyl groups is 2. The van der Waals surface area contributed by atoms with Crippen LogP contribution in [-0.4, -0.2) is 10.2 Å². The lowest BCUT2D eigenvalue weighted by molar-refractivity contribution is 0.281. The Morgan fingerprint density at radius 3 is 1.37 bits per heavy atom. The summed E-state index contributed by atoms with van der Waals surface area (Å²) in [7, 11) is 0. The van der Waals surface area contributed by atoms with Crippen LogP contribution in [0.15, 0.2) is 48.5 Å². The van der Waals surface area contributed by atoms with Crippen LogP contribution >= 0.6 is 0 Å². The van der Waals surface area contributed by atoms with Crippen molar-refractivity contribution >= 4 is 0 Å². The van der Waals surface area contributed by atoms with Crippen molar-refractivity contribution in [2.45, 2.75) is 32.5 Å². The summed E-state index contributed by atoms with van der Waals surface area (Å²) in [6.45, 7) is 2.34. The van der Waals surface area contributed by atoms with Crippen molar-refractivity contribution < 1.29 is 10.2 Å². The zero-order chi connectivity index (χ0) is 13.7. The SMILES string of the molecule is CCC(c1ccc(CO)cc1)c1ccc(CO)cc1. The lowest BCUT2D eigenvalue weighted by atomic mass is 9.88. The van der Waals surface area contributed by atoms with E-state index in [1.165, 1.54) is 11.1 Å². The predicted octanol–water partition coefficient (Wildman–Crippen LogP) is 3.21. The number of benzene rings is 2. The molecule has 100 valence electrons. The third kappa shape index (κ3) is 3.22. The monoisotopic (exact) mass is 256 g/mol. The van der Waals surface area contributed by atoms with Crippen molar-refractivity contribution in [2.75, 3.05) is 0 Å². The summed E-state index contributed by atoms with van der Waals surface area (Å²) in [6.07, 6.45) is 1.02. The Kier molecular flexibility index (Phi) is 4.72. The van der Waals surface area contributed by atoms with Crippen molar-refractivity contribution in [3.05, 3.63) is 70.8 Å². The summed E-state index contributed by atoms with van der Waals surface area (Å²) in [5.41, 5.74) is 4.40. The largest absolute Gasteiger partial charge is 0.392 e. The van der Waals surface area contributed by atoms with Crippen LogP contribution in [0, 0.1) is 0 Å². The Morgan fingerprint density at radius 1 is 0.737 bits per heavy atom. The zero-order valence-corrected chi connectivity index (χ0v) is 11.2. The minimum atomic E-state index is 0.0856. The molecular formula is C17H20O2. The first kappa shape index (κ1) is 13.8. The molecule has 2 aromatic carbocycles. The third-order valence-electron chi connectivity index (χ3n) is 3.54. The zero-order valence-electron chi connectivity index (χ0n) is 11.2. The van der Waals surface area contributed by atoms with E-state index in [4.69, 9.17) is 10.2 Å². The summed E-state index contributed by atoms with van der Waals surface area (Å²) < 4.78 is 0. The van der Waals surface area contributed by atoms with Crippen molar-refractivity contribution in [1.82, 2.24) is 0 Å². The van der Waals surface area contributed by atoms with Gasteiger partial charge in [-0.25, -0.2) is 0 Å². The predicted molar refractivity (Wildman–Crippen MR) is 76.9 cm³/mol. The lowest BCUT2D eigenvalue weighted by Crippen LogP contribution is -2.00. The summed E-state index contributed by atoms with van der Waals surface area (Å²) in [5, 5.41) is 18.2. The third-order valence-corrected chi connectivity index (χ3v) is 3.54. The van der Waals surface area contributed by atoms with Gasteiger partial charge in [-0.15, -0.1) is 0 Å². The van der Waals surface area contributed by atoms with Gasteiger partial charge in [-0.2, -0.15) is 0 Å². The maximum atomic E-state index is 9.08. The molecule has 2 rings (SSSR count). The molecule has 0 unspecified atom stereocenters. The molecule has 0 saturated carbocycles. The highest BCUT2D eigenvalue weighted by molar-refractivity contribution is 5.35. The number of aliphatic hydroxyl groups excluding tert-OH is 2. The van der Waals surface area contributed by atoms with Gasteiger partial charge in [-0.05, 0) is 28.7 Å². The highest BCUT2D eigenvalue weighted by atomic mass is 16.3. The van der Waals surface area contributed by atoms with Gasteiger partial charge in [0.05, 0.1) is 13.2 Å². The molecule has 0 aliphatic carbocycles. The number of hydrogen-bond donors (Lipinski definition) is 2. The lowest BCUT2D eigenvalue weighted by Gasteiger charge is -2.16. The van der Waals surface area contributed by atoms with Crippen molar-refractivity contribution in [3.63, 3.8) is 0 Å². The van der Waals surface area contributed by atoms with Crippen LogP contribution in [0.1, 0.15) is 41.5 Å². The van der Waals surface area contributed by atoms with E-state index in [0.29, 0.717) is 5.92 Å². The average Bonchev–Trinajstić information content (AvgIpc) is 2.49. The second-order valence-electron chi connectivity index (χ2n) is 4.76. The van der Waals surface area contributed by atoms with E-state index in [0.717, 1.165) is 17.5 Å². The Morgan fingerprint density at radius 2 is 1.11 bits per heavy atom. The molecule has 2 N–H and O–H groups in total. The van der Waals surface area contributed by atoms with E-state index < -0.39 is 0 Å². The highest BCUT2D eigenvalue weighted by Gasteiger charge is 2.11. The van der Waals surface area contributed by atoms with Crippen LogP contribution in [0.5, 0.6) is 0 Å². The fraction of sp³-hybridized carbons (Fsp3) is 0.294. The molecule has 0 heterocycles. The molecule has 2 heteroatoms. The normalized spacial score (nSPS) is 10.9. The summed E-state index contributed by atoms with van der Waals surface area (Å²) in [6, 6.07) is 16.2. The number of rotatable bonds is 5. The molecule has 19 heavy (non-hydrogen) atoms. The van der Waals surface area contributed by atoms with Crippen LogP contribution in [0.3, 0.4) is 0 Å². The van der Waals surface area contributed by atoms with E-state index in [1.54, 1.807) is 0 Å². The van der Waals surface area contributed by atoms with Gasteiger partial charge in [0, 0.05) is 5.92 Å². The molecule has 0 bridgehead atoms. The molecule has 0 radical (unpaired) electrons. The molecule has 0 aliphatic rings. The molecule has 0 aromatic heterocycles. The molecule has 2 aromatic rings. The molecule has 0 atom stereocenters. The van der Waals surface area contributed by atoms with Crippen LogP contribution in [0.2, 0.25) is 0 Å². The second kappa shape index (κ2) is 6.50. The van der Waals surface area contributed by atoms with Crippen LogP contribution in [0.4, 0.5) is 0 Å². The van der Waals surface area contributed by atoms with Gasteiger partial charge in [0.1, 0.15) is 0 Å². The summed E-state index contributed by atoms with van der Waals surface area (Å²) in [4.78, 5) is 0. The van der Waals surface area contributed by atoms with E-state index in [2.05, 4.69) is 31.2 Å². The molecule has 0 spiro atoms. The second-order valence-corrected chi connectivity index (χ2v) is 4.76. The van der Waals surface area contributed by atoms with E-state index in [1.807, 2.05) is 24.3 Å². The minimum absolute atomic E-state index is 0.0856. The summed E-state index contributed by atoms with van der Waals surface area (Å²) in [5.74, 6) is 0.362. The molecule has 0 aliphatic heterocycles. The average molecular weight is 256 g/mol. The molecular weight excluding hydrogens is 236 g/mol. The molecule has 2 nitrogen and oxygen atoms in total. The summed E-state index contributed by atoms with van der Waals surface area (Å²) >= 11 is 0. The van der Waals surface area contributed by atoms with Crippen molar-refractivity contribution in [3.8, 4) is 0 Å². The van der Waals surface area contributed by atoms with Crippen molar-refractivity contribution in [2.24, 2.45) is 0 Å². The van der Waals surface area contributed by atoms with Gasteiger partial charge in [0.2, 0.25) is 0 Å². The fourth-order valence-electron chi connectivity index (χ4n) is 2.37. The Balaban J connectivity index is 2.26. The van der Waals surface area contributed by atoms with Gasteiger partial charge in [0.25, 0.3) is 0 Å². The molecule has 0 saturated heterocycles. The number of hydrogen-bond acceptors (Lipinski definition) is 2. The first-order valence-corrected chi connectivity index (χ1v) is 6.68. The molecule has 0 fully saturated rings. The standard InChI is InChI=1S/C17H20O2/c1-2-17(15-7-3-13(11-18)4-8-15)16-9-5-14(12-19)6-10-16/h3-10,17-19H,2,11-12H2,1H3. The Labute approximate surface area is 114 Å². The van der Waals surface area contributed by atoms with Crippen LogP contribution in [0.25, 0.3) is 0 Å². The van der Waals surface area contributed by atoms with E-state index >= 15 is 0 Å². The fourth-order valence-corrected chi connectivity index (χ4v) is 2.37. The van der Waals surface area contributed by atoms with Gasteiger partial charge >= 0.3 is 0 Å². The minimum Gasteiger partial charge on any atom is -0.392 e.